The fourth-order valence-corrected chi connectivity index (χ4v) is 6.58. The number of aromatic nitrogens is 5. The van der Waals surface area contributed by atoms with Crippen molar-refractivity contribution in [1.82, 2.24) is 40.9 Å². The first-order valence-corrected chi connectivity index (χ1v) is 26.8. The Bertz CT molecular complexity index is 2210. The fourth-order valence-electron chi connectivity index (χ4n) is 6.09. The number of carbonyl (C=O) groups is 4. The van der Waals surface area contributed by atoms with Crippen LogP contribution in [0.4, 0.5) is 5.69 Å². The van der Waals surface area contributed by atoms with E-state index in [0.717, 1.165) is 18.2 Å². The van der Waals surface area contributed by atoms with Crippen molar-refractivity contribution in [3.05, 3.63) is 59.7 Å². The van der Waals surface area contributed by atoms with Gasteiger partial charge in [-0.3, -0.25) is 19.2 Å². The molecule has 0 saturated heterocycles. The van der Waals surface area contributed by atoms with Gasteiger partial charge in [0.25, 0.3) is 0 Å². The third-order valence-electron chi connectivity index (χ3n) is 9.97. The smallest absolute Gasteiger partial charge is 0.246 e. The summed E-state index contributed by atoms with van der Waals surface area (Å²) in [6.45, 7) is 9.25. The Morgan fingerprint density at radius 1 is 0.680 bits per heavy atom. The van der Waals surface area contributed by atoms with Crippen LogP contribution >= 0.6 is 0 Å². The summed E-state index contributed by atoms with van der Waals surface area (Å²) in [6, 6.07) is 6.58. The molecule has 1 aromatic carbocycles. The van der Waals surface area contributed by atoms with E-state index < -0.39 is 27.7 Å². The zero-order valence-corrected chi connectivity index (χ0v) is 44.1. The zero-order valence-electron chi connectivity index (χ0n) is 43.3. The minimum Gasteiger partial charge on any atom is -0.377 e. The van der Waals surface area contributed by atoms with Crippen molar-refractivity contribution in [2.24, 2.45) is 5.73 Å². The molecule has 0 radical (unpaired) electrons. The third-order valence-corrected chi connectivity index (χ3v) is 10.8. The molecule has 1 atom stereocenters. The molecule has 418 valence electrons. The third kappa shape index (κ3) is 33.2. The highest BCUT2D eigenvalue weighted by Gasteiger charge is 2.21. The number of unbranched alkanes of at least 4 members (excludes halogenated alkanes) is 2. The molecule has 3 rings (SSSR count). The van der Waals surface area contributed by atoms with Gasteiger partial charge in [0.05, 0.1) is 131 Å². The molecule has 0 saturated carbocycles. The molecule has 0 aliphatic rings. The number of carbonyl (C=O) groups excluding carboxylic acids is 4. The van der Waals surface area contributed by atoms with Gasteiger partial charge in [-0.15, -0.1) is 5.10 Å². The Morgan fingerprint density at radius 2 is 1.23 bits per heavy atom. The van der Waals surface area contributed by atoms with Crippen molar-refractivity contribution in [1.29, 1.82) is 0 Å². The Balaban J connectivity index is 0.994. The van der Waals surface area contributed by atoms with E-state index in [1.165, 1.54) is 12.4 Å². The topological polar surface area (TPSA) is 316 Å². The van der Waals surface area contributed by atoms with Crippen LogP contribution in [0, 0.1) is 18.8 Å². The average Bonchev–Trinajstić information content (AvgIpc) is 3.85. The molecule has 0 aliphatic carbocycles. The van der Waals surface area contributed by atoms with E-state index >= 15 is 0 Å². The molecule has 2 heterocycles. The van der Waals surface area contributed by atoms with Crippen LogP contribution in [0.25, 0.3) is 0 Å². The predicted molar refractivity (Wildman–Crippen MR) is 273 cm³/mol. The van der Waals surface area contributed by atoms with Crippen molar-refractivity contribution in [2.45, 2.75) is 69.7 Å². The minimum atomic E-state index is -3.46. The summed E-state index contributed by atoms with van der Waals surface area (Å²) < 4.78 is 73.9. The van der Waals surface area contributed by atoms with E-state index in [0.29, 0.717) is 161 Å². The Morgan fingerprint density at radius 3 is 1.79 bits per heavy atom. The van der Waals surface area contributed by atoms with Crippen molar-refractivity contribution >= 4 is 39.2 Å². The number of anilines is 1. The second-order valence-electron chi connectivity index (χ2n) is 16.4. The lowest BCUT2D eigenvalue weighted by Gasteiger charge is -2.18. The Kier molecular flexibility index (Phi) is 34.6. The molecular formula is C49H76N10O15S. The first-order chi connectivity index (χ1) is 36.4. The predicted octanol–water partition coefficient (Wildman–Crippen LogP) is 0.136. The van der Waals surface area contributed by atoms with Crippen LogP contribution in [0.3, 0.4) is 0 Å². The second-order valence-corrected chi connectivity index (χ2v) is 18.3. The fraction of sp³-hybridized carbons (Fsp3) is 0.633. The van der Waals surface area contributed by atoms with Gasteiger partial charge in [-0.05, 0) is 51.3 Å². The van der Waals surface area contributed by atoms with E-state index in [4.69, 9.17) is 48.4 Å². The van der Waals surface area contributed by atoms with Crippen LogP contribution < -0.4 is 27.0 Å². The largest absolute Gasteiger partial charge is 0.377 e. The molecule has 0 fully saturated rings. The van der Waals surface area contributed by atoms with Crippen LogP contribution in [0.15, 0.2) is 48.0 Å². The van der Waals surface area contributed by atoms with Gasteiger partial charge in [-0.1, -0.05) is 34.8 Å². The lowest BCUT2D eigenvalue weighted by Crippen LogP contribution is -2.45. The van der Waals surface area contributed by atoms with E-state index in [9.17, 15) is 27.6 Å². The molecule has 4 amide bonds. The maximum Gasteiger partial charge on any atom is 0.246 e. The summed E-state index contributed by atoms with van der Waals surface area (Å²) >= 11 is 0. The van der Waals surface area contributed by atoms with Crippen LogP contribution in [-0.2, 0) is 84.7 Å². The number of rotatable bonds is 44. The van der Waals surface area contributed by atoms with Gasteiger partial charge in [0.15, 0.2) is 0 Å². The van der Waals surface area contributed by atoms with Crippen molar-refractivity contribution in [2.75, 3.05) is 144 Å². The number of hydrogen-bond donors (Lipinski definition) is 5. The van der Waals surface area contributed by atoms with E-state index in [1.807, 2.05) is 19.1 Å². The number of nitrogens with one attached hydrogen (secondary N) is 4. The van der Waals surface area contributed by atoms with Crippen LogP contribution in [-0.4, -0.2) is 201 Å². The highest BCUT2D eigenvalue weighted by atomic mass is 32.2. The molecule has 0 bridgehead atoms. The molecule has 2 aromatic heterocycles. The van der Waals surface area contributed by atoms with Gasteiger partial charge in [0.2, 0.25) is 38.6 Å². The van der Waals surface area contributed by atoms with Crippen LogP contribution in [0.5, 0.6) is 0 Å². The Labute approximate surface area is 439 Å². The normalized spacial score (nSPS) is 11.7. The monoisotopic (exact) mass is 1080 g/mol. The molecule has 0 unspecified atom stereocenters. The zero-order chi connectivity index (χ0) is 54.0. The van der Waals surface area contributed by atoms with Crippen molar-refractivity contribution in [3.8, 4) is 11.8 Å². The number of aryl methyl sites for hydroxylation is 1. The SMILES string of the molecule is Cc1ccc(NC(=O)[C@H](CCCCN)NC(=O)COCC(=O)NCCOCCOCCOCCOCCOCCOCCOCCOCCn2cc(CNC(=O)CCCC#Cc3cnc(S(C)(=O)=O)nc3)nn2)cc1. The number of amides is 4. The summed E-state index contributed by atoms with van der Waals surface area (Å²) in [7, 11) is -3.46. The van der Waals surface area contributed by atoms with E-state index in [2.05, 4.69) is 53.4 Å². The van der Waals surface area contributed by atoms with Crippen molar-refractivity contribution in [3.63, 3.8) is 0 Å². The summed E-state index contributed by atoms with van der Waals surface area (Å²) in [5.74, 6) is 4.41. The number of ether oxygens (including phenoxy) is 9. The molecule has 75 heavy (non-hydrogen) atoms. The highest BCUT2D eigenvalue weighted by Crippen LogP contribution is 2.11. The molecule has 0 spiro atoms. The summed E-state index contributed by atoms with van der Waals surface area (Å²) in [4.78, 5) is 57.2. The maximum atomic E-state index is 12.8. The summed E-state index contributed by atoms with van der Waals surface area (Å²) in [6.07, 6.45) is 8.61. The van der Waals surface area contributed by atoms with Gasteiger partial charge < -0.3 is 69.6 Å². The molecule has 26 heteroatoms. The highest BCUT2D eigenvalue weighted by molar-refractivity contribution is 7.90. The quantitative estimate of drug-likeness (QED) is 0.0286. The van der Waals surface area contributed by atoms with Gasteiger partial charge >= 0.3 is 0 Å². The van der Waals surface area contributed by atoms with Gasteiger partial charge in [0.1, 0.15) is 24.9 Å². The maximum absolute atomic E-state index is 12.8. The number of sulfone groups is 1. The van der Waals surface area contributed by atoms with Crippen LogP contribution in [0.1, 0.15) is 55.3 Å². The number of nitrogens with zero attached hydrogens (tertiary/aromatic N) is 5. The molecule has 3 aromatic rings. The lowest BCUT2D eigenvalue weighted by atomic mass is 10.1. The summed E-state index contributed by atoms with van der Waals surface area (Å²) in [5.41, 5.74) is 8.40. The van der Waals surface area contributed by atoms with Crippen molar-refractivity contribution < 1.29 is 70.2 Å². The first kappa shape index (κ1) is 63.7. The number of hydrogen-bond acceptors (Lipinski definition) is 20. The molecule has 0 aliphatic heterocycles. The second kappa shape index (κ2) is 40.7. The number of benzene rings is 1. The van der Waals surface area contributed by atoms with E-state index in [-0.39, 0.29) is 49.9 Å². The summed E-state index contributed by atoms with van der Waals surface area (Å²) in [5, 5.41) is 18.9. The number of nitrogens with two attached hydrogens (primary N) is 1. The standard InChI is InChI=1S/C49H76N10O15S/c1-40-11-13-42(14-12-40)55-48(63)44(9-6-7-15-50)56-47(62)39-74-38-46(61)51-16-18-66-20-22-68-24-26-70-28-30-72-32-33-73-31-29-71-27-25-69-23-21-67-19-17-59-37-43(57-58-59)36-52-45(60)10-5-3-4-8-41-34-53-49(54-35-41)75(2,64)65/h11-14,34-35,37,44H,3,5-7,9-10,15-33,36,38-39,50H2,1-2H3,(H,51,61)(H,52,60)(H,55,63)(H,56,62)/t44-/m0/s1. The molecule has 6 N–H and O–H groups in total. The minimum absolute atomic E-state index is 0.130. The molecule has 25 nitrogen and oxygen atoms in total. The average molecular weight is 1080 g/mol. The lowest BCUT2D eigenvalue weighted by molar-refractivity contribution is -0.133. The molecular weight excluding hydrogens is 1000 g/mol. The van der Waals surface area contributed by atoms with E-state index in [1.54, 1.807) is 23.0 Å². The van der Waals surface area contributed by atoms with Gasteiger partial charge in [0, 0.05) is 43.7 Å². The van der Waals surface area contributed by atoms with Gasteiger partial charge in [-0.25, -0.2) is 23.1 Å². The van der Waals surface area contributed by atoms with Gasteiger partial charge in [-0.2, -0.15) is 0 Å². The first-order valence-electron chi connectivity index (χ1n) is 24.9. The van der Waals surface area contributed by atoms with Crippen LogP contribution in [0.2, 0.25) is 0 Å². The Hall–Kier alpha value is -5.57.